The van der Waals surface area contributed by atoms with Gasteiger partial charge in [-0.2, -0.15) is 0 Å². The maximum atomic E-state index is 11.5. The molecule has 1 heterocycles. The maximum Gasteiger partial charge on any atom is 0.352 e. The van der Waals surface area contributed by atoms with Gasteiger partial charge in [-0.3, -0.25) is 9.59 Å². The Morgan fingerprint density at radius 2 is 1.81 bits per heavy atom. The number of esters is 1. The molecule has 0 N–H and O–H groups in total. The van der Waals surface area contributed by atoms with E-state index >= 15 is 0 Å². The average molecular weight is 259 g/mol. The van der Waals surface area contributed by atoms with Crippen molar-refractivity contribution in [2.75, 3.05) is 0 Å². The number of rotatable bonds is 1. The zero-order valence-corrected chi connectivity index (χ0v) is 9.21. The van der Waals surface area contributed by atoms with Crippen molar-refractivity contribution in [2.45, 2.75) is 6.10 Å². The van der Waals surface area contributed by atoms with Gasteiger partial charge in [-0.25, -0.2) is 4.79 Å². The minimum absolute atomic E-state index is 0.0153. The zero-order chi connectivity index (χ0) is 11.9. The number of carbonyl (C=O) groups excluding carboxylic acids is 3. The van der Waals surface area contributed by atoms with Crippen LogP contribution in [-0.4, -0.2) is 23.6 Å². The van der Waals surface area contributed by atoms with Gasteiger partial charge in [-0.15, -0.1) is 0 Å². The van der Waals surface area contributed by atoms with Crippen LogP contribution in [0.2, 0.25) is 0 Å². The second kappa shape index (κ2) is 3.88. The molecule has 2 aliphatic rings. The van der Waals surface area contributed by atoms with Gasteiger partial charge in [0.1, 0.15) is 5.03 Å². The summed E-state index contributed by atoms with van der Waals surface area (Å²) < 4.78 is 4.79. The van der Waals surface area contributed by atoms with Gasteiger partial charge in [0.25, 0.3) is 0 Å². The topological polar surface area (TPSA) is 60.4 Å². The number of ketones is 2. The number of allylic oxidation sites excluding steroid dienone is 3. The molecule has 0 unspecified atom stereocenters. The first-order valence-corrected chi connectivity index (χ1v) is 5.00. The van der Waals surface area contributed by atoms with Gasteiger partial charge in [-0.05, 0) is 18.2 Å². The van der Waals surface area contributed by atoms with E-state index < -0.39 is 17.9 Å². The lowest BCUT2D eigenvalue weighted by atomic mass is 9.98. The third-order valence-corrected chi connectivity index (χ3v) is 2.95. The third-order valence-electron chi connectivity index (χ3n) is 2.11. The molecule has 6 heteroatoms. The molecule has 0 spiro atoms. The average Bonchev–Trinajstić information content (AvgIpc) is 2.50. The summed E-state index contributed by atoms with van der Waals surface area (Å²) in [7, 11) is 0. The van der Waals surface area contributed by atoms with Crippen LogP contribution in [0, 0.1) is 0 Å². The number of cyclic esters (lactones) is 1. The fourth-order valence-electron chi connectivity index (χ4n) is 1.35. The molecular weight excluding hydrogens is 255 g/mol. The highest BCUT2D eigenvalue weighted by Gasteiger charge is 2.37. The van der Waals surface area contributed by atoms with Crippen LogP contribution in [0.25, 0.3) is 0 Å². The summed E-state index contributed by atoms with van der Waals surface area (Å²) in [5.74, 6) is -1.59. The van der Waals surface area contributed by atoms with Crippen LogP contribution in [0.3, 0.4) is 0 Å². The molecule has 0 saturated carbocycles. The number of hydrogen-bond acceptors (Lipinski definition) is 4. The second-order valence-corrected chi connectivity index (χ2v) is 3.93. The van der Waals surface area contributed by atoms with E-state index in [1.54, 1.807) is 0 Å². The standard InChI is InChI=1S/C10H4Cl2O4/c11-7-8(12)10(15)16-9(7)5-3-4(13)1-2-6(5)14/h1-3,9H/t9-/m1/s1. The van der Waals surface area contributed by atoms with Gasteiger partial charge in [-0.1, -0.05) is 23.2 Å². The van der Waals surface area contributed by atoms with Crippen LogP contribution in [0.5, 0.6) is 0 Å². The largest absolute Gasteiger partial charge is 0.447 e. The number of hydrogen-bond donors (Lipinski definition) is 0. The smallest absolute Gasteiger partial charge is 0.352 e. The Hall–Kier alpha value is -1.39. The quantitative estimate of drug-likeness (QED) is 0.525. The summed E-state index contributed by atoms with van der Waals surface area (Å²) in [5.41, 5.74) is 0.0153. The maximum absolute atomic E-state index is 11.5. The van der Waals surface area contributed by atoms with Crippen molar-refractivity contribution in [3.8, 4) is 0 Å². The Bertz CT molecular complexity index is 499. The van der Waals surface area contributed by atoms with E-state index in [1.807, 2.05) is 0 Å². The second-order valence-electron chi connectivity index (χ2n) is 3.15. The van der Waals surface area contributed by atoms with E-state index in [0.717, 1.165) is 18.2 Å². The summed E-state index contributed by atoms with van der Waals surface area (Å²) in [6.07, 6.45) is 2.24. The molecule has 82 valence electrons. The molecule has 0 saturated heterocycles. The fraction of sp³-hybridized carbons (Fsp3) is 0.100. The Morgan fingerprint density at radius 1 is 1.12 bits per heavy atom. The molecule has 16 heavy (non-hydrogen) atoms. The number of halogens is 2. The van der Waals surface area contributed by atoms with Crippen molar-refractivity contribution < 1.29 is 19.1 Å². The SMILES string of the molecule is O=C1C=CC(=O)C([C@H]2OC(=O)C(Cl)=C2Cl)=C1. The minimum Gasteiger partial charge on any atom is -0.447 e. The Morgan fingerprint density at radius 3 is 2.38 bits per heavy atom. The monoisotopic (exact) mass is 258 g/mol. The molecule has 1 atom stereocenters. The van der Waals surface area contributed by atoms with Crippen molar-refractivity contribution in [1.82, 2.24) is 0 Å². The molecule has 4 nitrogen and oxygen atoms in total. The van der Waals surface area contributed by atoms with E-state index in [0.29, 0.717) is 0 Å². The van der Waals surface area contributed by atoms with Crippen LogP contribution < -0.4 is 0 Å². The van der Waals surface area contributed by atoms with E-state index in [-0.39, 0.29) is 21.4 Å². The lowest BCUT2D eigenvalue weighted by Gasteiger charge is -2.13. The summed E-state index contributed by atoms with van der Waals surface area (Å²) in [6, 6.07) is 0. The van der Waals surface area contributed by atoms with Crippen LogP contribution in [0.15, 0.2) is 33.9 Å². The predicted molar refractivity (Wildman–Crippen MR) is 55.8 cm³/mol. The summed E-state index contributed by atoms with van der Waals surface area (Å²) in [6.45, 7) is 0. The van der Waals surface area contributed by atoms with Crippen LogP contribution in [0.4, 0.5) is 0 Å². The van der Waals surface area contributed by atoms with Crippen molar-refractivity contribution in [3.05, 3.63) is 33.9 Å². The molecule has 0 aromatic heterocycles. The normalized spacial score (nSPS) is 25.0. The molecular formula is C10H4Cl2O4. The van der Waals surface area contributed by atoms with Crippen molar-refractivity contribution in [3.63, 3.8) is 0 Å². The zero-order valence-electron chi connectivity index (χ0n) is 7.70. The minimum atomic E-state index is -1.07. The van der Waals surface area contributed by atoms with E-state index in [9.17, 15) is 14.4 Å². The third kappa shape index (κ3) is 1.70. The predicted octanol–water partition coefficient (Wildman–Crippen LogP) is 1.24. The van der Waals surface area contributed by atoms with Crippen LogP contribution in [-0.2, 0) is 19.1 Å². The Kier molecular flexibility index (Phi) is 2.69. The summed E-state index contributed by atoms with van der Waals surface area (Å²) in [5, 5.41) is -0.336. The number of ether oxygens (including phenoxy) is 1. The molecule has 0 fully saturated rings. The first-order valence-electron chi connectivity index (χ1n) is 4.25. The highest BCUT2D eigenvalue weighted by Crippen LogP contribution is 2.33. The number of carbonyl (C=O) groups is 3. The van der Waals surface area contributed by atoms with Crippen LogP contribution >= 0.6 is 23.2 Å². The Balaban J connectivity index is 2.38. The van der Waals surface area contributed by atoms with E-state index in [4.69, 9.17) is 27.9 Å². The first-order chi connectivity index (χ1) is 7.50. The molecule has 1 aliphatic carbocycles. The highest BCUT2D eigenvalue weighted by molar-refractivity contribution is 6.49. The molecule has 1 aliphatic heterocycles. The lowest BCUT2D eigenvalue weighted by molar-refractivity contribution is -0.138. The highest BCUT2D eigenvalue weighted by atomic mass is 35.5. The molecule has 0 aromatic carbocycles. The van der Waals surface area contributed by atoms with Crippen LogP contribution in [0.1, 0.15) is 0 Å². The van der Waals surface area contributed by atoms with Gasteiger partial charge >= 0.3 is 5.97 Å². The fourth-order valence-corrected chi connectivity index (χ4v) is 1.74. The first kappa shape index (κ1) is 11.1. The van der Waals surface area contributed by atoms with Crippen molar-refractivity contribution in [1.29, 1.82) is 0 Å². The molecule has 2 rings (SSSR count). The van der Waals surface area contributed by atoms with Gasteiger partial charge < -0.3 is 4.74 Å². The summed E-state index contributed by atoms with van der Waals surface area (Å²) in [4.78, 5) is 33.6. The van der Waals surface area contributed by atoms with Gasteiger partial charge in [0, 0.05) is 5.57 Å². The molecule has 0 radical (unpaired) electrons. The van der Waals surface area contributed by atoms with E-state index in [2.05, 4.69) is 0 Å². The van der Waals surface area contributed by atoms with Crippen molar-refractivity contribution >= 4 is 40.7 Å². The summed E-state index contributed by atoms with van der Waals surface area (Å²) >= 11 is 11.3. The molecule has 0 bridgehead atoms. The van der Waals surface area contributed by atoms with Gasteiger partial charge in [0.15, 0.2) is 17.7 Å². The lowest BCUT2D eigenvalue weighted by Crippen LogP contribution is -2.22. The van der Waals surface area contributed by atoms with Crippen molar-refractivity contribution in [2.24, 2.45) is 0 Å². The molecule has 0 aromatic rings. The van der Waals surface area contributed by atoms with E-state index in [1.165, 1.54) is 0 Å². The molecule has 0 amide bonds. The van der Waals surface area contributed by atoms with Gasteiger partial charge in [0.2, 0.25) is 0 Å². The Labute approximate surface area is 100 Å². The van der Waals surface area contributed by atoms with Gasteiger partial charge in [0.05, 0.1) is 5.03 Å².